The summed E-state index contributed by atoms with van der Waals surface area (Å²) in [7, 11) is -1.06. The summed E-state index contributed by atoms with van der Waals surface area (Å²) in [4.78, 5) is 11.4. The molecule has 0 saturated heterocycles. The van der Waals surface area contributed by atoms with Crippen molar-refractivity contribution in [2.45, 2.75) is 46.1 Å². The first-order valence-electron chi connectivity index (χ1n) is 6.49. The minimum Gasteiger partial charge on any atom is -0.355 e. The fraction of sp³-hybridized carbons (Fsp3) is 0.917. The van der Waals surface area contributed by atoms with Crippen molar-refractivity contribution in [3.8, 4) is 0 Å². The summed E-state index contributed by atoms with van der Waals surface area (Å²) < 4.78 is 11.8. The number of carbonyl (C=O) groups is 1. The minimum absolute atomic E-state index is 0.101. The SMILES string of the molecule is CCCNC(=O)CS(=O)CC(CC)NCCC. The molecule has 0 spiro atoms. The molecule has 2 atom stereocenters. The molecular weight excluding hydrogens is 236 g/mol. The molecule has 0 radical (unpaired) electrons. The van der Waals surface area contributed by atoms with E-state index in [1.165, 1.54) is 0 Å². The fourth-order valence-corrected chi connectivity index (χ4v) is 2.73. The number of rotatable bonds is 10. The molecule has 4 nitrogen and oxygen atoms in total. The van der Waals surface area contributed by atoms with E-state index in [4.69, 9.17) is 0 Å². The Balaban J connectivity index is 3.85. The van der Waals surface area contributed by atoms with Crippen LogP contribution in [0.1, 0.15) is 40.0 Å². The second kappa shape index (κ2) is 10.7. The van der Waals surface area contributed by atoms with Crippen LogP contribution in [0, 0.1) is 0 Å². The third-order valence-corrected chi connectivity index (χ3v) is 3.79. The lowest BCUT2D eigenvalue weighted by atomic mass is 10.2. The van der Waals surface area contributed by atoms with E-state index in [0.29, 0.717) is 12.3 Å². The van der Waals surface area contributed by atoms with Crippen molar-refractivity contribution in [2.24, 2.45) is 0 Å². The highest BCUT2D eigenvalue weighted by Gasteiger charge is 2.12. The van der Waals surface area contributed by atoms with Crippen molar-refractivity contribution in [1.29, 1.82) is 0 Å². The number of nitrogens with one attached hydrogen (secondary N) is 2. The van der Waals surface area contributed by atoms with Gasteiger partial charge in [0, 0.05) is 29.1 Å². The van der Waals surface area contributed by atoms with Gasteiger partial charge in [0.1, 0.15) is 5.75 Å². The Labute approximate surface area is 107 Å². The van der Waals surface area contributed by atoms with Crippen LogP contribution in [0.4, 0.5) is 0 Å². The van der Waals surface area contributed by atoms with Gasteiger partial charge in [0.05, 0.1) is 0 Å². The summed E-state index contributed by atoms with van der Waals surface area (Å²) in [5.74, 6) is 0.593. The molecule has 0 aliphatic heterocycles. The van der Waals surface area contributed by atoms with Crippen LogP contribution in [0.5, 0.6) is 0 Å². The molecule has 1 amide bonds. The third-order valence-electron chi connectivity index (χ3n) is 2.43. The Morgan fingerprint density at radius 2 is 1.82 bits per heavy atom. The number of carbonyl (C=O) groups excluding carboxylic acids is 1. The topological polar surface area (TPSA) is 58.2 Å². The highest BCUT2D eigenvalue weighted by atomic mass is 32.2. The molecule has 0 aromatic carbocycles. The van der Waals surface area contributed by atoms with Crippen molar-refractivity contribution in [3.05, 3.63) is 0 Å². The zero-order valence-corrected chi connectivity index (χ0v) is 12.1. The molecule has 0 heterocycles. The molecule has 0 fully saturated rings. The summed E-state index contributed by atoms with van der Waals surface area (Å²) >= 11 is 0. The van der Waals surface area contributed by atoms with Gasteiger partial charge in [0.2, 0.25) is 5.91 Å². The van der Waals surface area contributed by atoms with Gasteiger partial charge in [0.15, 0.2) is 0 Å². The van der Waals surface area contributed by atoms with Gasteiger partial charge in [-0.2, -0.15) is 0 Å². The average molecular weight is 262 g/mol. The fourth-order valence-electron chi connectivity index (χ4n) is 1.41. The zero-order chi connectivity index (χ0) is 13.1. The molecule has 2 N–H and O–H groups in total. The molecule has 0 saturated carbocycles. The molecular formula is C12H26N2O2S. The maximum atomic E-state index is 11.8. The lowest BCUT2D eigenvalue weighted by molar-refractivity contribution is -0.118. The van der Waals surface area contributed by atoms with Crippen molar-refractivity contribution in [2.75, 3.05) is 24.6 Å². The second-order valence-corrected chi connectivity index (χ2v) is 5.66. The first-order chi connectivity index (χ1) is 8.13. The van der Waals surface area contributed by atoms with E-state index in [0.717, 1.165) is 25.8 Å². The zero-order valence-electron chi connectivity index (χ0n) is 11.3. The minimum atomic E-state index is -1.06. The predicted molar refractivity (Wildman–Crippen MR) is 73.5 cm³/mol. The smallest absolute Gasteiger partial charge is 0.232 e. The molecule has 0 aliphatic carbocycles. The van der Waals surface area contributed by atoms with E-state index in [9.17, 15) is 9.00 Å². The quantitative estimate of drug-likeness (QED) is 0.618. The molecule has 0 bridgehead atoms. The van der Waals surface area contributed by atoms with Gasteiger partial charge in [0.25, 0.3) is 0 Å². The predicted octanol–water partition coefficient (Wildman–Crippen LogP) is 1.04. The van der Waals surface area contributed by atoms with Crippen LogP contribution in [0.2, 0.25) is 0 Å². The first kappa shape index (κ1) is 16.6. The standard InChI is InChI=1S/C12H26N2O2S/c1-4-7-13-11(6-3)9-17(16)10-12(15)14-8-5-2/h11,13H,4-10H2,1-3H3,(H,14,15). The average Bonchev–Trinajstić information content (AvgIpc) is 2.31. The Hall–Kier alpha value is -0.420. The summed E-state index contributed by atoms with van der Waals surface area (Å²) in [6, 6.07) is 0.259. The van der Waals surface area contributed by atoms with Crippen LogP contribution in [0.3, 0.4) is 0 Å². The Morgan fingerprint density at radius 1 is 1.18 bits per heavy atom. The van der Waals surface area contributed by atoms with Crippen molar-refractivity contribution < 1.29 is 9.00 Å². The van der Waals surface area contributed by atoms with E-state index in [1.807, 2.05) is 6.92 Å². The molecule has 17 heavy (non-hydrogen) atoms. The normalized spacial score (nSPS) is 14.3. The molecule has 102 valence electrons. The van der Waals surface area contributed by atoms with Crippen LogP contribution < -0.4 is 10.6 Å². The van der Waals surface area contributed by atoms with E-state index in [2.05, 4.69) is 24.5 Å². The van der Waals surface area contributed by atoms with Gasteiger partial charge in [-0.3, -0.25) is 9.00 Å². The van der Waals surface area contributed by atoms with E-state index in [-0.39, 0.29) is 17.7 Å². The summed E-state index contributed by atoms with van der Waals surface area (Å²) in [6.45, 7) is 7.79. The van der Waals surface area contributed by atoms with E-state index < -0.39 is 10.8 Å². The van der Waals surface area contributed by atoms with Crippen molar-refractivity contribution >= 4 is 16.7 Å². The lowest BCUT2D eigenvalue weighted by Gasteiger charge is -2.15. The third kappa shape index (κ3) is 9.30. The maximum Gasteiger partial charge on any atom is 0.232 e. The van der Waals surface area contributed by atoms with Crippen LogP contribution in [-0.4, -0.2) is 40.8 Å². The first-order valence-corrected chi connectivity index (χ1v) is 7.97. The summed E-state index contributed by atoms with van der Waals surface area (Å²) in [6.07, 6.45) is 2.93. The molecule has 0 aliphatic rings. The van der Waals surface area contributed by atoms with Gasteiger partial charge in [-0.1, -0.05) is 20.8 Å². The van der Waals surface area contributed by atoms with Gasteiger partial charge in [-0.05, 0) is 25.8 Å². The second-order valence-electron chi connectivity index (χ2n) is 4.16. The molecule has 2 unspecified atom stereocenters. The van der Waals surface area contributed by atoms with E-state index in [1.54, 1.807) is 0 Å². The Kier molecular flexibility index (Phi) is 10.5. The van der Waals surface area contributed by atoms with Crippen LogP contribution >= 0.6 is 0 Å². The van der Waals surface area contributed by atoms with Crippen molar-refractivity contribution in [1.82, 2.24) is 10.6 Å². The van der Waals surface area contributed by atoms with Crippen LogP contribution in [-0.2, 0) is 15.6 Å². The monoisotopic (exact) mass is 262 g/mol. The number of hydrogen-bond acceptors (Lipinski definition) is 3. The lowest BCUT2D eigenvalue weighted by Crippen LogP contribution is -2.37. The largest absolute Gasteiger partial charge is 0.355 e. The molecule has 0 rings (SSSR count). The highest BCUT2D eigenvalue weighted by Crippen LogP contribution is 1.96. The summed E-state index contributed by atoms with van der Waals surface area (Å²) in [5.41, 5.74) is 0. The number of hydrogen-bond donors (Lipinski definition) is 2. The van der Waals surface area contributed by atoms with Crippen molar-refractivity contribution in [3.63, 3.8) is 0 Å². The molecule has 5 heteroatoms. The molecule has 0 aromatic heterocycles. The Bertz CT molecular complexity index is 235. The van der Waals surface area contributed by atoms with E-state index >= 15 is 0 Å². The van der Waals surface area contributed by atoms with Gasteiger partial charge < -0.3 is 10.6 Å². The highest BCUT2D eigenvalue weighted by molar-refractivity contribution is 7.85. The molecule has 0 aromatic rings. The van der Waals surface area contributed by atoms with Gasteiger partial charge in [-0.15, -0.1) is 0 Å². The van der Waals surface area contributed by atoms with Gasteiger partial charge >= 0.3 is 0 Å². The maximum absolute atomic E-state index is 11.8. The number of amides is 1. The van der Waals surface area contributed by atoms with Crippen LogP contribution in [0.25, 0.3) is 0 Å². The van der Waals surface area contributed by atoms with Crippen LogP contribution in [0.15, 0.2) is 0 Å². The Morgan fingerprint density at radius 3 is 2.35 bits per heavy atom. The van der Waals surface area contributed by atoms with Gasteiger partial charge in [-0.25, -0.2) is 0 Å². The summed E-state index contributed by atoms with van der Waals surface area (Å²) in [5, 5.41) is 6.09.